The lowest BCUT2D eigenvalue weighted by atomic mass is 10.1. The van der Waals surface area contributed by atoms with Crippen LogP contribution in [-0.4, -0.2) is 17.4 Å². The number of hydrogen-bond donors (Lipinski definition) is 5. The third kappa shape index (κ3) is 7.80. The molecule has 0 atom stereocenters. The normalized spacial score (nSPS) is 9.33. The van der Waals surface area contributed by atoms with Gasteiger partial charge in [0.1, 0.15) is 0 Å². The van der Waals surface area contributed by atoms with E-state index in [1.807, 2.05) is 6.92 Å². The highest BCUT2D eigenvalue weighted by Gasteiger charge is 2.12. The second-order valence-electron chi connectivity index (χ2n) is 1.74. The average Bonchev–Trinajstić information content (AvgIpc) is 1.68. The van der Waals surface area contributed by atoms with Crippen molar-refractivity contribution in [2.75, 3.05) is 6.61 Å². The number of aliphatic hydroxyl groups excluding tert-OH is 1. The first-order chi connectivity index (χ1) is 3.12. The Morgan fingerprint density at radius 1 is 1.33 bits per heavy atom. The van der Waals surface area contributed by atoms with E-state index in [-0.39, 0.29) is 18.9 Å². The summed E-state index contributed by atoms with van der Waals surface area (Å²) in [6.07, 6.45) is 0.601. The molecule has 0 unspecified atom stereocenters. The fourth-order valence-electron chi connectivity index (χ4n) is 0.112. The smallest absolute Gasteiger partial charge is 0.0871 e. The summed E-state index contributed by atoms with van der Waals surface area (Å²) in [5, 5.41) is 8.34. The summed E-state index contributed by atoms with van der Waals surface area (Å²) in [5.74, 6) is 0. The molecule has 9 heavy (non-hydrogen) atoms. The van der Waals surface area contributed by atoms with Crippen molar-refractivity contribution in [3.63, 3.8) is 0 Å². The van der Waals surface area contributed by atoms with Crippen molar-refractivity contribution < 1.29 is 5.11 Å². The zero-order valence-corrected chi connectivity index (χ0v) is 5.93. The molecule has 0 fully saturated rings. The van der Waals surface area contributed by atoms with Crippen molar-refractivity contribution in [1.82, 2.24) is 12.3 Å². The van der Waals surface area contributed by atoms with Gasteiger partial charge >= 0.3 is 0 Å². The van der Waals surface area contributed by atoms with E-state index < -0.39 is 5.66 Å². The van der Waals surface area contributed by atoms with Crippen LogP contribution in [0.25, 0.3) is 0 Å². The number of hydrogen-bond acceptors (Lipinski definition) is 5. The van der Waals surface area contributed by atoms with Gasteiger partial charge in [-0.25, -0.2) is 0 Å². The highest BCUT2D eigenvalue weighted by atomic mass is 16.3. The largest absolute Gasteiger partial charge is 0.393 e. The highest BCUT2D eigenvalue weighted by Crippen LogP contribution is 1.91. The van der Waals surface area contributed by atoms with Crippen LogP contribution >= 0.6 is 0 Å². The summed E-state index contributed by atoms with van der Waals surface area (Å²) in [6.45, 7) is 1.68. The standard InChI is InChI=1S/C4H12N2O.2H3N/c1-2-4(5,6)3-7;;/h7H,2-3,5-6H2,1H3;2*1H3. The molecule has 60 valence electrons. The molecular formula is C4H18N4O. The molecule has 0 aliphatic rings. The first kappa shape index (κ1) is 15.9. The molecule has 0 rings (SSSR count). The third-order valence-corrected chi connectivity index (χ3v) is 0.953. The molecule has 0 radical (unpaired) electrons. The van der Waals surface area contributed by atoms with E-state index in [1.54, 1.807) is 0 Å². The average molecular weight is 138 g/mol. The van der Waals surface area contributed by atoms with Crippen LogP contribution in [0.4, 0.5) is 0 Å². The van der Waals surface area contributed by atoms with Crippen LogP contribution in [0.2, 0.25) is 0 Å². The van der Waals surface area contributed by atoms with Crippen molar-refractivity contribution in [2.45, 2.75) is 19.0 Å². The Bertz CT molecular complexity index is 50.5. The molecule has 0 amide bonds. The molecule has 0 spiro atoms. The van der Waals surface area contributed by atoms with Gasteiger partial charge in [-0.15, -0.1) is 0 Å². The van der Waals surface area contributed by atoms with E-state index in [0.717, 1.165) is 0 Å². The number of rotatable bonds is 2. The van der Waals surface area contributed by atoms with E-state index in [4.69, 9.17) is 16.6 Å². The van der Waals surface area contributed by atoms with E-state index in [0.29, 0.717) is 6.42 Å². The predicted octanol–water partition coefficient (Wildman–Crippen LogP) is -0.674. The molecule has 0 aromatic heterocycles. The second kappa shape index (κ2) is 5.93. The van der Waals surface area contributed by atoms with E-state index in [1.165, 1.54) is 0 Å². The number of nitrogens with two attached hydrogens (primary N) is 2. The molecular weight excluding hydrogens is 120 g/mol. The Kier molecular flexibility index (Phi) is 10.5. The molecule has 0 saturated heterocycles. The van der Waals surface area contributed by atoms with E-state index >= 15 is 0 Å². The van der Waals surface area contributed by atoms with Gasteiger partial charge in [-0.3, -0.25) is 0 Å². The summed E-state index contributed by atoms with van der Waals surface area (Å²) in [7, 11) is 0. The Labute approximate surface area is 55.6 Å². The molecule has 0 aromatic rings. The van der Waals surface area contributed by atoms with Crippen LogP contribution in [0, 0.1) is 0 Å². The minimum atomic E-state index is -0.861. The molecule has 5 nitrogen and oxygen atoms in total. The third-order valence-electron chi connectivity index (χ3n) is 0.953. The van der Waals surface area contributed by atoms with Gasteiger partial charge in [-0.05, 0) is 6.42 Å². The molecule has 0 aliphatic heterocycles. The summed E-state index contributed by atoms with van der Waals surface area (Å²) in [5.41, 5.74) is 9.62. The van der Waals surface area contributed by atoms with Gasteiger partial charge in [0, 0.05) is 0 Å². The van der Waals surface area contributed by atoms with Gasteiger partial charge in [0.15, 0.2) is 0 Å². The van der Waals surface area contributed by atoms with Gasteiger partial charge in [0.05, 0.1) is 12.3 Å². The van der Waals surface area contributed by atoms with Crippen LogP contribution < -0.4 is 23.8 Å². The van der Waals surface area contributed by atoms with Crippen LogP contribution in [0.5, 0.6) is 0 Å². The lowest BCUT2D eigenvalue weighted by Crippen LogP contribution is -2.51. The van der Waals surface area contributed by atoms with Gasteiger partial charge in [-0.2, -0.15) is 0 Å². The van der Waals surface area contributed by atoms with Crippen LogP contribution in [0.1, 0.15) is 13.3 Å². The van der Waals surface area contributed by atoms with Crippen LogP contribution in [0.15, 0.2) is 0 Å². The van der Waals surface area contributed by atoms with Crippen LogP contribution in [-0.2, 0) is 0 Å². The molecule has 0 bridgehead atoms. The lowest BCUT2D eigenvalue weighted by molar-refractivity contribution is 0.196. The maximum atomic E-state index is 8.34. The van der Waals surface area contributed by atoms with E-state index in [2.05, 4.69) is 0 Å². The summed E-state index contributed by atoms with van der Waals surface area (Å²) >= 11 is 0. The fourth-order valence-corrected chi connectivity index (χ4v) is 0.112. The molecule has 5 heteroatoms. The van der Waals surface area contributed by atoms with Crippen molar-refractivity contribution in [1.29, 1.82) is 0 Å². The first-order valence-electron chi connectivity index (χ1n) is 2.31. The Balaban J connectivity index is -0.000000180. The minimum Gasteiger partial charge on any atom is -0.393 e. The Hall–Kier alpha value is -0.200. The van der Waals surface area contributed by atoms with Gasteiger partial charge in [-0.1, -0.05) is 6.92 Å². The predicted molar refractivity (Wildman–Crippen MR) is 38.5 cm³/mol. The molecule has 0 heterocycles. The first-order valence-corrected chi connectivity index (χ1v) is 2.31. The number of aliphatic hydroxyl groups is 1. The monoisotopic (exact) mass is 138 g/mol. The quantitative estimate of drug-likeness (QED) is 0.321. The zero-order valence-electron chi connectivity index (χ0n) is 5.93. The lowest BCUT2D eigenvalue weighted by Gasteiger charge is -2.17. The summed E-state index contributed by atoms with van der Waals surface area (Å²) < 4.78 is 0. The molecule has 11 N–H and O–H groups in total. The maximum Gasteiger partial charge on any atom is 0.0871 e. The van der Waals surface area contributed by atoms with Gasteiger partial charge in [0.25, 0.3) is 0 Å². The SMILES string of the molecule is CCC(N)(N)CO.N.N. The van der Waals surface area contributed by atoms with Crippen molar-refractivity contribution in [3.8, 4) is 0 Å². The second-order valence-corrected chi connectivity index (χ2v) is 1.74. The minimum absolute atomic E-state index is 0. The zero-order chi connectivity index (χ0) is 5.91. The van der Waals surface area contributed by atoms with Crippen LogP contribution in [0.3, 0.4) is 0 Å². The maximum absolute atomic E-state index is 8.34. The van der Waals surface area contributed by atoms with Crippen molar-refractivity contribution in [2.24, 2.45) is 11.5 Å². The molecule has 0 aromatic carbocycles. The summed E-state index contributed by atoms with van der Waals surface area (Å²) in [4.78, 5) is 0. The molecule has 0 saturated carbocycles. The highest BCUT2D eigenvalue weighted by molar-refractivity contribution is 4.71. The topological polar surface area (TPSA) is 142 Å². The van der Waals surface area contributed by atoms with Crippen molar-refractivity contribution >= 4 is 0 Å². The Morgan fingerprint density at radius 2 is 1.67 bits per heavy atom. The van der Waals surface area contributed by atoms with E-state index in [9.17, 15) is 0 Å². The summed E-state index contributed by atoms with van der Waals surface area (Å²) in [6, 6.07) is 0. The van der Waals surface area contributed by atoms with Crippen molar-refractivity contribution in [3.05, 3.63) is 0 Å². The van der Waals surface area contributed by atoms with Gasteiger partial charge < -0.3 is 28.9 Å². The molecule has 0 aliphatic carbocycles. The van der Waals surface area contributed by atoms with Gasteiger partial charge in [0.2, 0.25) is 0 Å². The fraction of sp³-hybridized carbons (Fsp3) is 1.00. The Morgan fingerprint density at radius 3 is 1.67 bits per heavy atom.